The first-order chi connectivity index (χ1) is 20.8. The van der Waals surface area contributed by atoms with Crippen LogP contribution >= 0.6 is 0 Å². The Morgan fingerprint density at radius 1 is 1.14 bits per heavy atom. The summed E-state index contributed by atoms with van der Waals surface area (Å²) >= 11 is 0. The smallest absolute Gasteiger partial charge is 0.407 e. The molecule has 44 heavy (non-hydrogen) atoms. The van der Waals surface area contributed by atoms with Crippen LogP contribution in [-0.4, -0.2) is 87.3 Å². The highest BCUT2D eigenvalue weighted by atomic mass is 16.6. The number of nitrogens with one attached hydrogen (secondary N) is 1. The molecule has 4 amide bonds. The maximum absolute atomic E-state index is 14.3. The number of primary amides is 1. The lowest BCUT2D eigenvalue weighted by Gasteiger charge is -2.43. The molecule has 0 bridgehead atoms. The van der Waals surface area contributed by atoms with Crippen molar-refractivity contribution < 1.29 is 19.1 Å². The van der Waals surface area contributed by atoms with E-state index in [0.717, 1.165) is 35.6 Å². The Morgan fingerprint density at radius 3 is 2.45 bits per heavy atom. The number of benzene rings is 1. The zero-order valence-electron chi connectivity index (χ0n) is 26.5. The van der Waals surface area contributed by atoms with E-state index in [-0.39, 0.29) is 18.0 Å². The summed E-state index contributed by atoms with van der Waals surface area (Å²) in [7, 11) is 1.81. The highest BCUT2D eigenvalue weighted by Crippen LogP contribution is 2.39. The number of likely N-dealkylation sites (N-methyl/N-ethyl adjacent to an activating group) is 1. The van der Waals surface area contributed by atoms with Gasteiger partial charge in [0, 0.05) is 51.1 Å². The van der Waals surface area contributed by atoms with Crippen molar-refractivity contribution in [3.05, 3.63) is 59.4 Å². The molecule has 2 aliphatic heterocycles. The Morgan fingerprint density at radius 2 is 1.82 bits per heavy atom. The zero-order chi connectivity index (χ0) is 31.8. The molecule has 0 radical (unpaired) electrons. The normalized spacial score (nSPS) is 19.1. The summed E-state index contributed by atoms with van der Waals surface area (Å²) < 4.78 is 7.18. The van der Waals surface area contributed by atoms with Crippen molar-refractivity contribution in [1.29, 1.82) is 0 Å². The summed E-state index contributed by atoms with van der Waals surface area (Å²) in [5.41, 5.74) is 7.55. The fourth-order valence-corrected chi connectivity index (χ4v) is 6.29. The number of aryl methyl sites for hydroxylation is 1. The number of alkyl carbamates (subject to hydrolysis) is 1. The standard InChI is InChI=1S/C32H44N8O4/c1-21-19-40-26(35-27(21)39-15-12-24(20-39)34-30(43)44-31(3,4)5)18-25(36-40)22(2)37(6)28(41)32(23-10-8-7-9-11-23)13-16-38(17-14-32)29(33)42/h7-11,18-19,22,24H,12-17,20H2,1-6H3,(H2,33,42)(H,34,43)/t22-,24-/m0/s1. The number of rotatable bonds is 6. The molecule has 12 nitrogen and oxygen atoms in total. The first kappa shape index (κ1) is 31.1. The predicted molar refractivity (Wildman–Crippen MR) is 167 cm³/mol. The summed E-state index contributed by atoms with van der Waals surface area (Å²) in [6.07, 6.45) is 3.32. The number of ether oxygens (including phenoxy) is 1. The fraction of sp³-hybridized carbons (Fsp3) is 0.531. The minimum absolute atomic E-state index is 0.0113. The molecule has 2 fully saturated rings. The molecule has 3 aromatic rings. The number of urea groups is 1. The minimum atomic E-state index is -0.767. The van der Waals surface area contributed by atoms with Crippen molar-refractivity contribution in [2.45, 2.75) is 77.0 Å². The summed E-state index contributed by atoms with van der Waals surface area (Å²) in [6.45, 7) is 11.7. The van der Waals surface area contributed by atoms with Gasteiger partial charge in [0.15, 0.2) is 5.65 Å². The van der Waals surface area contributed by atoms with E-state index in [9.17, 15) is 14.4 Å². The van der Waals surface area contributed by atoms with Gasteiger partial charge in [0.1, 0.15) is 11.4 Å². The van der Waals surface area contributed by atoms with Crippen LogP contribution in [0.5, 0.6) is 0 Å². The van der Waals surface area contributed by atoms with E-state index in [1.807, 2.05) is 84.3 Å². The number of fused-ring (bicyclic) bond motifs is 1. The van der Waals surface area contributed by atoms with E-state index in [2.05, 4.69) is 10.2 Å². The lowest BCUT2D eigenvalue weighted by atomic mass is 9.71. The fourth-order valence-electron chi connectivity index (χ4n) is 6.29. The average molecular weight is 605 g/mol. The first-order valence-corrected chi connectivity index (χ1v) is 15.3. The third-order valence-electron chi connectivity index (χ3n) is 8.83. The monoisotopic (exact) mass is 604 g/mol. The number of piperidine rings is 1. The van der Waals surface area contributed by atoms with Gasteiger partial charge < -0.3 is 30.5 Å². The lowest BCUT2D eigenvalue weighted by molar-refractivity contribution is -0.140. The number of aromatic nitrogens is 3. The second-order valence-corrected chi connectivity index (χ2v) is 13.1. The van der Waals surface area contributed by atoms with Crippen molar-refractivity contribution in [1.82, 2.24) is 29.7 Å². The quantitative estimate of drug-likeness (QED) is 0.437. The van der Waals surface area contributed by atoms with Crippen LogP contribution in [0.25, 0.3) is 5.65 Å². The molecule has 1 aromatic carbocycles. The molecule has 0 aliphatic carbocycles. The number of nitrogens with two attached hydrogens (primary N) is 1. The van der Waals surface area contributed by atoms with Gasteiger partial charge >= 0.3 is 12.1 Å². The molecule has 2 atom stereocenters. The van der Waals surface area contributed by atoms with Crippen LogP contribution in [0, 0.1) is 6.92 Å². The molecule has 2 aromatic heterocycles. The second-order valence-electron chi connectivity index (χ2n) is 13.1. The summed E-state index contributed by atoms with van der Waals surface area (Å²) in [6, 6.07) is 10.9. The van der Waals surface area contributed by atoms with Gasteiger partial charge in [-0.3, -0.25) is 4.79 Å². The van der Waals surface area contributed by atoms with Crippen molar-refractivity contribution in [3.63, 3.8) is 0 Å². The number of carbonyl (C=O) groups is 3. The van der Waals surface area contributed by atoms with Crippen LogP contribution in [0.2, 0.25) is 0 Å². The van der Waals surface area contributed by atoms with Crippen LogP contribution in [0.15, 0.2) is 42.6 Å². The van der Waals surface area contributed by atoms with Crippen molar-refractivity contribution in [3.8, 4) is 0 Å². The van der Waals surface area contributed by atoms with Crippen LogP contribution < -0.4 is 16.0 Å². The Balaban J connectivity index is 1.33. The Kier molecular flexibility index (Phi) is 8.46. The Hall–Kier alpha value is -4.35. The van der Waals surface area contributed by atoms with Gasteiger partial charge in [0.05, 0.1) is 23.2 Å². The van der Waals surface area contributed by atoms with E-state index >= 15 is 0 Å². The minimum Gasteiger partial charge on any atom is -0.444 e. The van der Waals surface area contributed by atoms with Gasteiger partial charge in [-0.1, -0.05) is 30.3 Å². The first-order valence-electron chi connectivity index (χ1n) is 15.3. The molecule has 3 N–H and O–H groups in total. The third kappa shape index (κ3) is 6.29. The molecule has 236 valence electrons. The number of hydrogen-bond acceptors (Lipinski definition) is 7. The maximum atomic E-state index is 14.3. The van der Waals surface area contributed by atoms with Gasteiger partial charge in [-0.2, -0.15) is 5.10 Å². The van der Waals surface area contributed by atoms with Crippen molar-refractivity contribution in [2.24, 2.45) is 5.73 Å². The van der Waals surface area contributed by atoms with E-state index in [0.29, 0.717) is 38.1 Å². The molecule has 0 unspecified atom stereocenters. The van der Waals surface area contributed by atoms with Crippen LogP contribution in [0.1, 0.15) is 69.8 Å². The number of nitrogens with zero attached hydrogens (tertiary/aromatic N) is 6. The number of likely N-dealkylation sites (tertiary alicyclic amines) is 1. The third-order valence-corrected chi connectivity index (χ3v) is 8.83. The van der Waals surface area contributed by atoms with Crippen LogP contribution in [0.4, 0.5) is 15.4 Å². The van der Waals surface area contributed by atoms with Gasteiger partial charge in [-0.25, -0.2) is 19.1 Å². The predicted octanol–water partition coefficient (Wildman–Crippen LogP) is 3.77. The summed E-state index contributed by atoms with van der Waals surface area (Å²) in [5, 5.41) is 7.78. The number of hydrogen-bond donors (Lipinski definition) is 2. The van der Waals surface area contributed by atoms with Gasteiger partial charge in [0.2, 0.25) is 5.91 Å². The van der Waals surface area contributed by atoms with Crippen LogP contribution in [-0.2, 0) is 14.9 Å². The average Bonchev–Trinajstić information content (AvgIpc) is 3.61. The number of carbonyl (C=O) groups excluding carboxylic acids is 3. The van der Waals surface area contributed by atoms with Crippen molar-refractivity contribution >= 4 is 29.5 Å². The molecular weight excluding hydrogens is 560 g/mol. The van der Waals surface area contributed by atoms with E-state index in [4.69, 9.17) is 20.6 Å². The largest absolute Gasteiger partial charge is 0.444 e. The van der Waals surface area contributed by atoms with Gasteiger partial charge in [-0.05, 0) is 59.4 Å². The molecule has 5 rings (SSSR count). The summed E-state index contributed by atoms with van der Waals surface area (Å²) in [4.78, 5) is 48.9. The molecule has 2 aliphatic rings. The molecular formula is C32H44N8O4. The van der Waals surface area contributed by atoms with E-state index in [1.165, 1.54) is 0 Å². The Labute approximate surface area is 258 Å². The lowest BCUT2D eigenvalue weighted by Crippen LogP contribution is -2.54. The number of amides is 4. The highest BCUT2D eigenvalue weighted by molar-refractivity contribution is 5.89. The van der Waals surface area contributed by atoms with Crippen LogP contribution in [0.3, 0.4) is 0 Å². The highest BCUT2D eigenvalue weighted by Gasteiger charge is 2.46. The molecule has 0 spiro atoms. The SMILES string of the molecule is Cc1cn2nc([C@H](C)N(C)C(=O)C3(c4ccccc4)CCN(C(N)=O)CC3)cc2nc1N1CC[C@H](NC(=O)OC(C)(C)C)C1. The maximum Gasteiger partial charge on any atom is 0.407 e. The number of anilines is 1. The van der Waals surface area contributed by atoms with Crippen molar-refractivity contribution in [2.75, 3.05) is 38.1 Å². The Bertz CT molecular complexity index is 1520. The van der Waals surface area contributed by atoms with E-state index in [1.54, 1.807) is 14.3 Å². The topological polar surface area (TPSA) is 138 Å². The molecule has 12 heteroatoms. The van der Waals surface area contributed by atoms with E-state index < -0.39 is 23.1 Å². The van der Waals surface area contributed by atoms with Gasteiger partial charge in [0.25, 0.3) is 0 Å². The molecule has 0 saturated carbocycles. The van der Waals surface area contributed by atoms with Gasteiger partial charge in [-0.15, -0.1) is 0 Å². The second kappa shape index (κ2) is 12.0. The molecule has 2 saturated heterocycles. The molecule has 4 heterocycles. The zero-order valence-corrected chi connectivity index (χ0v) is 26.5. The summed E-state index contributed by atoms with van der Waals surface area (Å²) in [5.74, 6) is 0.835.